The molecule has 1 aliphatic carbocycles. The standard InChI is InChI=1S/C16H28N4/c1-13-12-16(19-14(2)18-13)20(11-7-10-17)15-8-5-3-4-6-9-15/h12,15H,3-11,17H2,1-2H3. The molecular formula is C16H28N4. The predicted octanol–water partition coefficient (Wildman–Crippen LogP) is 2.97. The number of rotatable bonds is 5. The zero-order chi connectivity index (χ0) is 14.4. The second-order valence-electron chi connectivity index (χ2n) is 5.90. The Morgan fingerprint density at radius 1 is 1.15 bits per heavy atom. The summed E-state index contributed by atoms with van der Waals surface area (Å²) in [7, 11) is 0. The summed E-state index contributed by atoms with van der Waals surface area (Å²) >= 11 is 0. The van der Waals surface area contributed by atoms with E-state index in [4.69, 9.17) is 5.73 Å². The van der Waals surface area contributed by atoms with Gasteiger partial charge in [0.05, 0.1) is 0 Å². The Morgan fingerprint density at radius 2 is 1.85 bits per heavy atom. The highest BCUT2D eigenvalue weighted by atomic mass is 15.2. The SMILES string of the molecule is Cc1cc(N(CCCN)C2CCCCCC2)nc(C)n1. The molecule has 0 bridgehead atoms. The van der Waals surface area contributed by atoms with Crippen molar-refractivity contribution in [2.75, 3.05) is 18.0 Å². The molecule has 0 atom stereocenters. The lowest BCUT2D eigenvalue weighted by Crippen LogP contribution is -2.37. The summed E-state index contributed by atoms with van der Waals surface area (Å²) in [5.41, 5.74) is 6.77. The Balaban J connectivity index is 2.20. The third-order valence-corrected chi connectivity index (χ3v) is 4.12. The summed E-state index contributed by atoms with van der Waals surface area (Å²) in [6, 6.07) is 2.74. The summed E-state index contributed by atoms with van der Waals surface area (Å²) in [6.07, 6.45) is 9.03. The topological polar surface area (TPSA) is 55.0 Å². The van der Waals surface area contributed by atoms with Gasteiger partial charge in [-0.3, -0.25) is 0 Å². The van der Waals surface area contributed by atoms with Crippen molar-refractivity contribution in [3.8, 4) is 0 Å². The molecule has 1 heterocycles. The van der Waals surface area contributed by atoms with Crippen LogP contribution < -0.4 is 10.6 Å². The molecule has 0 spiro atoms. The van der Waals surface area contributed by atoms with E-state index in [1.165, 1.54) is 38.5 Å². The first-order chi connectivity index (χ1) is 9.70. The molecule has 0 amide bonds. The fourth-order valence-electron chi connectivity index (χ4n) is 3.16. The van der Waals surface area contributed by atoms with Crippen molar-refractivity contribution < 1.29 is 0 Å². The molecule has 2 N–H and O–H groups in total. The van der Waals surface area contributed by atoms with Gasteiger partial charge in [-0.15, -0.1) is 0 Å². The van der Waals surface area contributed by atoms with E-state index in [9.17, 15) is 0 Å². The molecule has 0 aromatic carbocycles. The van der Waals surface area contributed by atoms with Gasteiger partial charge in [0.2, 0.25) is 0 Å². The quantitative estimate of drug-likeness (QED) is 0.840. The minimum absolute atomic E-state index is 0.623. The van der Waals surface area contributed by atoms with Gasteiger partial charge in [-0.1, -0.05) is 25.7 Å². The van der Waals surface area contributed by atoms with E-state index in [1.54, 1.807) is 0 Å². The fourth-order valence-corrected chi connectivity index (χ4v) is 3.16. The van der Waals surface area contributed by atoms with Crippen molar-refractivity contribution in [3.05, 3.63) is 17.6 Å². The van der Waals surface area contributed by atoms with Crippen LogP contribution in [0.25, 0.3) is 0 Å². The number of hydrogen-bond acceptors (Lipinski definition) is 4. The van der Waals surface area contributed by atoms with E-state index in [2.05, 4.69) is 20.9 Å². The molecule has 2 rings (SSSR count). The van der Waals surface area contributed by atoms with Crippen LogP contribution in [-0.2, 0) is 0 Å². The van der Waals surface area contributed by atoms with Crippen LogP contribution in [0, 0.1) is 13.8 Å². The highest BCUT2D eigenvalue weighted by Gasteiger charge is 2.21. The molecular weight excluding hydrogens is 248 g/mol. The van der Waals surface area contributed by atoms with E-state index in [0.29, 0.717) is 6.04 Å². The smallest absolute Gasteiger partial charge is 0.132 e. The second-order valence-corrected chi connectivity index (χ2v) is 5.90. The summed E-state index contributed by atoms with van der Waals surface area (Å²) in [5.74, 6) is 1.96. The van der Waals surface area contributed by atoms with Crippen LogP contribution in [0.5, 0.6) is 0 Å². The van der Waals surface area contributed by atoms with Crippen LogP contribution in [0.1, 0.15) is 56.5 Å². The Morgan fingerprint density at radius 3 is 2.45 bits per heavy atom. The maximum Gasteiger partial charge on any atom is 0.132 e. The minimum Gasteiger partial charge on any atom is -0.353 e. The molecule has 1 aromatic rings. The maximum atomic E-state index is 5.72. The molecule has 1 aromatic heterocycles. The van der Waals surface area contributed by atoms with E-state index >= 15 is 0 Å². The van der Waals surface area contributed by atoms with Crippen LogP contribution in [0.15, 0.2) is 6.07 Å². The van der Waals surface area contributed by atoms with Crippen molar-refractivity contribution in [1.82, 2.24) is 9.97 Å². The maximum absolute atomic E-state index is 5.72. The number of aryl methyl sites for hydroxylation is 2. The normalized spacial score (nSPS) is 16.9. The molecule has 0 saturated heterocycles. The molecule has 0 radical (unpaired) electrons. The molecule has 4 nitrogen and oxygen atoms in total. The highest BCUT2D eigenvalue weighted by Crippen LogP contribution is 2.26. The summed E-state index contributed by atoms with van der Waals surface area (Å²) in [6.45, 7) is 5.78. The molecule has 0 unspecified atom stereocenters. The average molecular weight is 276 g/mol. The molecule has 1 fully saturated rings. The van der Waals surface area contributed by atoms with Gasteiger partial charge in [-0.05, 0) is 39.7 Å². The summed E-state index contributed by atoms with van der Waals surface area (Å²) in [5, 5.41) is 0. The van der Waals surface area contributed by atoms with Gasteiger partial charge in [0.15, 0.2) is 0 Å². The zero-order valence-electron chi connectivity index (χ0n) is 12.9. The van der Waals surface area contributed by atoms with E-state index in [-0.39, 0.29) is 0 Å². The van der Waals surface area contributed by atoms with Crippen LogP contribution in [0.2, 0.25) is 0 Å². The van der Waals surface area contributed by atoms with E-state index in [1.807, 2.05) is 13.8 Å². The Kier molecular flexibility index (Phi) is 5.77. The molecule has 4 heteroatoms. The lowest BCUT2D eigenvalue weighted by Gasteiger charge is -2.32. The number of anilines is 1. The van der Waals surface area contributed by atoms with Crippen molar-refractivity contribution in [3.63, 3.8) is 0 Å². The lowest BCUT2D eigenvalue weighted by molar-refractivity contribution is 0.514. The summed E-state index contributed by atoms with van der Waals surface area (Å²) < 4.78 is 0. The Bertz CT molecular complexity index is 391. The first kappa shape index (κ1) is 15.2. The average Bonchev–Trinajstić information content (AvgIpc) is 2.67. The Labute approximate surface area is 122 Å². The number of nitrogens with zero attached hydrogens (tertiary/aromatic N) is 3. The van der Waals surface area contributed by atoms with Gasteiger partial charge in [0.25, 0.3) is 0 Å². The molecule has 1 saturated carbocycles. The van der Waals surface area contributed by atoms with Gasteiger partial charge >= 0.3 is 0 Å². The monoisotopic (exact) mass is 276 g/mol. The van der Waals surface area contributed by atoms with Gasteiger partial charge < -0.3 is 10.6 Å². The van der Waals surface area contributed by atoms with Crippen LogP contribution >= 0.6 is 0 Å². The van der Waals surface area contributed by atoms with Gasteiger partial charge in [-0.25, -0.2) is 9.97 Å². The first-order valence-electron chi connectivity index (χ1n) is 7.99. The molecule has 1 aliphatic rings. The van der Waals surface area contributed by atoms with Crippen LogP contribution in [0.4, 0.5) is 5.82 Å². The van der Waals surface area contributed by atoms with Gasteiger partial charge in [0.1, 0.15) is 11.6 Å². The number of aromatic nitrogens is 2. The zero-order valence-corrected chi connectivity index (χ0v) is 12.9. The van der Waals surface area contributed by atoms with Crippen LogP contribution in [0.3, 0.4) is 0 Å². The number of nitrogens with two attached hydrogens (primary N) is 1. The molecule has 0 aliphatic heterocycles. The lowest BCUT2D eigenvalue weighted by atomic mass is 10.1. The van der Waals surface area contributed by atoms with Crippen molar-refractivity contribution in [2.24, 2.45) is 5.73 Å². The van der Waals surface area contributed by atoms with E-state index < -0.39 is 0 Å². The first-order valence-corrected chi connectivity index (χ1v) is 7.99. The predicted molar refractivity (Wildman–Crippen MR) is 84.0 cm³/mol. The van der Waals surface area contributed by atoms with Crippen LogP contribution in [-0.4, -0.2) is 29.1 Å². The van der Waals surface area contributed by atoms with Crippen molar-refractivity contribution in [2.45, 2.75) is 64.8 Å². The van der Waals surface area contributed by atoms with Crippen molar-refractivity contribution >= 4 is 5.82 Å². The third-order valence-electron chi connectivity index (χ3n) is 4.12. The van der Waals surface area contributed by atoms with Gasteiger partial charge in [-0.2, -0.15) is 0 Å². The van der Waals surface area contributed by atoms with Crippen molar-refractivity contribution in [1.29, 1.82) is 0 Å². The molecule has 112 valence electrons. The van der Waals surface area contributed by atoms with E-state index in [0.717, 1.165) is 36.8 Å². The largest absolute Gasteiger partial charge is 0.353 e. The fraction of sp³-hybridized carbons (Fsp3) is 0.750. The third kappa shape index (κ3) is 4.17. The van der Waals surface area contributed by atoms with Gasteiger partial charge in [0, 0.05) is 24.3 Å². The molecule has 20 heavy (non-hydrogen) atoms. The second kappa shape index (κ2) is 7.58. The minimum atomic E-state index is 0.623. The summed E-state index contributed by atoms with van der Waals surface area (Å²) in [4.78, 5) is 11.6. The number of hydrogen-bond donors (Lipinski definition) is 1. The highest BCUT2D eigenvalue weighted by molar-refractivity contribution is 5.41. The Hall–Kier alpha value is -1.16.